The average Bonchev–Trinajstić information content (AvgIpc) is 3.41. The molecule has 0 saturated heterocycles. The van der Waals surface area contributed by atoms with Crippen molar-refractivity contribution >= 4 is 15.7 Å². The van der Waals surface area contributed by atoms with Crippen molar-refractivity contribution in [1.29, 1.82) is 0 Å². The fourth-order valence-electron chi connectivity index (χ4n) is 4.06. The summed E-state index contributed by atoms with van der Waals surface area (Å²) in [6.07, 6.45) is -0.0379. The standard InChI is InChI=1S/C27H30N2O7S/c1-32-21-9-11-24(12-10-21)37(30,31)29(17-19-6-5-7-22(14-19)33-2)18-23-16-25(28-36-23)20-8-13-26(34-3)27(15-20)35-4/h5-15,23H,16-18H2,1-4H3. The summed E-state index contributed by atoms with van der Waals surface area (Å²) in [5.74, 6) is 2.41. The van der Waals surface area contributed by atoms with Crippen LogP contribution in [-0.4, -0.2) is 59.5 Å². The molecule has 1 atom stereocenters. The fourth-order valence-corrected chi connectivity index (χ4v) is 5.52. The molecule has 0 fully saturated rings. The van der Waals surface area contributed by atoms with Gasteiger partial charge in [0.15, 0.2) is 11.5 Å². The summed E-state index contributed by atoms with van der Waals surface area (Å²) in [7, 11) is 2.38. The van der Waals surface area contributed by atoms with Gasteiger partial charge in [-0.15, -0.1) is 0 Å². The highest BCUT2D eigenvalue weighted by atomic mass is 32.2. The van der Waals surface area contributed by atoms with Crippen molar-refractivity contribution in [3.8, 4) is 23.0 Å². The lowest BCUT2D eigenvalue weighted by Crippen LogP contribution is -2.37. The summed E-state index contributed by atoms with van der Waals surface area (Å²) in [6.45, 7) is 0.239. The monoisotopic (exact) mass is 526 g/mol. The molecule has 0 bridgehead atoms. The van der Waals surface area contributed by atoms with Crippen LogP contribution in [0.5, 0.6) is 23.0 Å². The molecule has 0 amide bonds. The lowest BCUT2D eigenvalue weighted by molar-refractivity contribution is 0.0694. The molecular weight excluding hydrogens is 496 g/mol. The third-order valence-corrected chi connectivity index (χ3v) is 7.87. The zero-order valence-electron chi connectivity index (χ0n) is 21.2. The van der Waals surface area contributed by atoms with Gasteiger partial charge in [0.25, 0.3) is 0 Å². The molecule has 3 aromatic rings. The molecule has 0 radical (unpaired) electrons. The maximum absolute atomic E-state index is 13.7. The van der Waals surface area contributed by atoms with Gasteiger partial charge in [-0.25, -0.2) is 8.42 Å². The van der Waals surface area contributed by atoms with E-state index in [1.54, 1.807) is 39.5 Å². The number of rotatable bonds is 11. The Labute approximate surface area is 217 Å². The first-order chi connectivity index (χ1) is 17.9. The molecule has 1 aliphatic heterocycles. The first kappa shape index (κ1) is 26.3. The topological polar surface area (TPSA) is 95.9 Å². The highest BCUT2D eigenvalue weighted by Gasteiger charge is 2.32. The van der Waals surface area contributed by atoms with Crippen molar-refractivity contribution in [2.45, 2.75) is 24.0 Å². The van der Waals surface area contributed by atoms with Crippen LogP contribution < -0.4 is 18.9 Å². The molecule has 37 heavy (non-hydrogen) atoms. The average molecular weight is 527 g/mol. The number of ether oxygens (including phenoxy) is 4. The van der Waals surface area contributed by atoms with Crippen molar-refractivity contribution < 1.29 is 32.2 Å². The molecular formula is C27H30N2O7S. The van der Waals surface area contributed by atoms with Gasteiger partial charge in [0.2, 0.25) is 10.0 Å². The molecule has 9 nitrogen and oxygen atoms in total. The summed E-state index contributed by atoms with van der Waals surface area (Å²) in [5, 5.41) is 4.25. The lowest BCUT2D eigenvalue weighted by atomic mass is 10.0. The van der Waals surface area contributed by atoms with Crippen molar-refractivity contribution in [1.82, 2.24) is 4.31 Å². The van der Waals surface area contributed by atoms with E-state index in [2.05, 4.69) is 5.16 Å². The van der Waals surface area contributed by atoms with E-state index < -0.39 is 16.1 Å². The van der Waals surface area contributed by atoms with Gasteiger partial charge >= 0.3 is 0 Å². The van der Waals surface area contributed by atoms with E-state index in [-0.39, 0.29) is 18.0 Å². The van der Waals surface area contributed by atoms with Crippen molar-refractivity contribution in [3.05, 3.63) is 77.9 Å². The Morgan fingerprint density at radius 3 is 2.27 bits per heavy atom. The van der Waals surface area contributed by atoms with Gasteiger partial charge in [-0.2, -0.15) is 4.31 Å². The van der Waals surface area contributed by atoms with Crippen LogP contribution in [0, 0.1) is 0 Å². The Hall–Kier alpha value is -3.76. The lowest BCUT2D eigenvalue weighted by Gasteiger charge is -2.24. The minimum atomic E-state index is -3.86. The fraction of sp³-hybridized carbons (Fsp3) is 0.296. The zero-order chi connectivity index (χ0) is 26.4. The van der Waals surface area contributed by atoms with Crippen LogP contribution in [0.2, 0.25) is 0 Å². The Balaban J connectivity index is 1.57. The molecule has 0 saturated carbocycles. The molecule has 1 aliphatic rings. The van der Waals surface area contributed by atoms with Gasteiger partial charge in [-0.3, -0.25) is 0 Å². The Morgan fingerprint density at radius 2 is 1.59 bits per heavy atom. The number of nitrogens with zero attached hydrogens (tertiary/aromatic N) is 2. The van der Waals surface area contributed by atoms with Crippen LogP contribution in [-0.2, 0) is 21.4 Å². The summed E-state index contributed by atoms with van der Waals surface area (Å²) >= 11 is 0. The molecule has 0 aliphatic carbocycles. The molecule has 0 aromatic heterocycles. The molecule has 0 spiro atoms. The van der Waals surface area contributed by atoms with Crippen LogP contribution in [0.4, 0.5) is 0 Å². The Kier molecular flexibility index (Phi) is 8.20. The summed E-state index contributed by atoms with van der Waals surface area (Å²) in [6, 6.07) is 19.1. The van der Waals surface area contributed by atoms with Gasteiger partial charge < -0.3 is 23.8 Å². The molecule has 0 N–H and O–H groups in total. The number of oxime groups is 1. The minimum Gasteiger partial charge on any atom is -0.497 e. The highest BCUT2D eigenvalue weighted by molar-refractivity contribution is 7.89. The molecule has 10 heteroatoms. The van der Waals surface area contributed by atoms with E-state index in [1.807, 2.05) is 36.4 Å². The highest BCUT2D eigenvalue weighted by Crippen LogP contribution is 2.30. The predicted octanol–water partition coefficient (Wildman–Crippen LogP) is 4.11. The molecule has 3 aromatic carbocycles. The van der Waals surface area contributed by atoms with E-state index >= 15 is 0 Å². The molecule has 196 valence electrons. The first-order valence-corrected chi connectivity index (χ1v) is 13.0. The van der Waals surface area contributed by atoms with E-state index in [1.165, 1.54) is 23.5 Å². The molecule has 4 rings (SSSR count). The normalized spacial score (nSPS) is 15.2. The number of benzene rings is 3. The van der Waals surface area contributed by atoms with Gasteiger partial charge in [0, 0.05) is 18.5 Å². The van der Waals surface area contributed by atoms with Crippen LogP contribution in [0.15, 0.2) is 76.8 Å². The van der Waals surface area contributed by atoms with Gasteiger partial charge in [0.05, 0.1) is 45.6 Å². The predicted molar refractivity (Wildman–Crippen MR) is 139 cm³/mol. The minimum absolute atomic E-state index is 0.103. The van der Waals surface area contributed by atoms with Crippen molar-refractivity contribution in [2.75, 3.05) is 35.0 Å². The number of hydrogen-bond donors (Lipinski definition) is 0. The van der Waals surface area contributed by atoms with Crippen molar-refractivity contribution in [2.24, 2.45) is 5.16 Å². The van der Waals surface area contributed by atoms with Gasteiger partial charge in [-0.05, 0) is 60.2 Å². The first-order valence-electron chi connectivity index (χ1n) is 11.6. The molecule has 1 unspecified atom stereocenters. The Bertz CT molecular complexity index is 1360. The summed E-state index contributed by atoms with van der Waals surface area (Å²) < 4.78 is 50.0. The summed E-state index contributed by atoms with van der Waals surface area (Å²) in [5.41, 5.74) is 2.31. The van der Waals surface area contributed by atoms with Crippen LogP contribution in [0.1, 0.15) is 17.5 Å². The van der Waals surface area contributed by atoms with E-state index in [9.17, 15) is 8.42 Å². The van der Waals surface area contributed by atoms with E-state index in [4.69, 9.17) is 23.8 Å². The van der Waals surface area contributed by atoms with Crippen LogP contribution in [0.3, 0.4) is 0 Å². The van der Waals surface area contributed by atoms with Crippen molar-refractivity contribution in [3.63, 3.8) is 0 Å². The van der Waals surface area contributed by atoms with Gasteiger partial charge in [0.1, 0.15) is 17.6 Å². The quantitative estimate of drug-likeness (QED) is 0.371. The zero-order valence-corrected chi connectivity index (χ0v) is 22.0. The van der Waals surface area contributed by atoms with Crippen LogP contribution in [0.25, 0.3) is 0 Å². The number of methoxy groups -OCH3 is 4. The van der Waals surface area contributed by atoms with E-state index in [0.29, 0.717) is 35.1 Å². The second-order valence-corrected chi connectivity index (χ2v) is 10.3. The SMILES string of the molecule is COc1ccc(S(=O)(=O)N(Cc2cccc(OC)c2)CC2CC(c3ccc(OC)c(OC)c3)=NO2)cc1. The van der Waals surface area contributed by atoms with Gasteiger partial charge in [-0.1, -0.05) is 17.3 Å². The second kappa shape index (κ2) is 11.5. The number of hydrogen-bond acceptors (Lipinski definition) is 8. The number of sulfonamides is 1. The Morgan fingerprint density at radius 1 is 0.865 bits per heavy atom. The maximum Gasteiger partial charge on any atom is 0.243 e. The second-order valence-electron chi connectivity index (χ2n) is 8.36. The third kappa shape index (κ3) is 5.98. The van der Waals surface area contributed by atoms with E-state index in [0.717, 1.165) is 11.1 Å². The van der Waals surface area contributed by atoms with Crippen LogP contribution >= 0.6 is 0 Å². The molecule has 1 heterocycles. The largest absolute Gasteiger partial charge is 0.497 e. The smallest absolute Gasteiger partial charge is 0.243 e. The summed E-state index contributed by atoms with van der Waals surface area (Å²) in [4.78, 5) is 5.86. The maximum atomic E-state index is 13.7. The third-order valence-electron chi connectivity index (χ3n) is 6.05.